The lowest BCUT2D eigenvalue weighted by atomic mass is 9.96. The minimum absolute atomic E-state index is 0.377. The summed E-state index contributed by atoms with van der Waals surface area (Å²) in [5.74, 6) is 0.756. The Hall–Kier alpha value is -4.07. The molecule has 3 aromatic carbocycles. The molecule has 3 aliphatic heterocycles. The van der Waals surface area contributed by atoms with Crippen molar-refractivity contribution in [2.24, 2.45) is 0 Å². The highest BCUT2D eigenvalue weighted by atomic mass is 16.7. The van der Waals surface area contributed by atoms with Gasteiger partial charge in [-0.05, 0) is 47.7 Å². The summed E-state index contributed by atoms with van der Waals surface area (Å²) in [6.45, 7) is 5.05. The molecule has 7 heteroatoms. The van der Waals surface area contributed by atoms with Crippen LogP contribution in [0.25, 0.3) is 0 Å². The molecule has 7 nitrogen and oxygen atoms in total. The Kier molecular flexibility index (Phi) is 7.68. The second-order valence-corrected chi connectivity index (χ2v) is 11.1. The van der Waals surface area contributed by atoms with Crippen molar-refractivity contribution in [3.05, 3.63) is 108 Å². The summed E-state index contributed by atoms with van der Waals surface area (Å²) in [7, 11) is 0. The normalized spacial score (nSPS) is 17.7. The number of rotatable bonds is 8. The number of nitrogens with zero attached hydrogens (tertiary/aromatic N) is 3. The van der Waals surface area contributed by atoms with E-state index in [-0.39, 0.29) is 5.79 Å². The third kappa shape index (κ3) is 5.67. The lowest BCUT2D eigenvalue weighted by molar-refractivity contribution is -0.169. The predicted molar refractivity (Wildman–Crippen MR) is 164 cm³/mol. The maximum Gasteiger partial charge on any atom is 0.241 e. The molecule has 0 aliphatic carbocycles. The number of hydrogen-bond acceptors (Lipinski definition) is 7. The summed E-state index contributed by atoms with van der Waals surface area (Å²) in [5, 5.41) is 0. The van der Waals surface area contributed by atoms with E-state index in [0.29, 0.717) is 38.2 Å². The van der Waals surface area contributed by atoms with Gasteiger partial charge < -0.3 is 28.7 Å². The summed E-state index contributed by atoms with van der Waals surface area (Å²) in [5.41, 5.74) is 7.07. The van der Waals surface area contributed by atoms with Crippen molar-refractivity contribution in [3.8, 4) is 11.8 Å². The van der Waals surface area contributed by atoms with Gasteiger partial charge in [0.15, 0.2) is 5.79 Å². The van der Waals surface area contributed by atoms with Gasteiger partial charge in [-0.25, -0.2) is 0 Å². The van der Waals surface area contributed by atoms with Crippen molar-refractivity contribution < 1.29 is 18.9 Å². The molecule has 216 valence electrons. The van der Waals surface area contributed by atoms with Crippen molar-refractivity contribution in [2.45, 2.75) is 44.7 Å². The van der Waals surface area contributed by atoms with Gasteiger partial charge in [-0.1, -0.05) is 66.7 Å². The van der Waals surface area contributed by atoms with E-state index in [1.165, 1.54) is 16.9 Å². The van der Waals surface area contributed by atoms with Crippen LogP contribution in [0.5, 0.6) is 11.8 Å². The molecule has 0 saturated carbocycles. The minimum Gasteiger partial charge on any atom is -0.473 e. The van der Waals surface area contributed by atoms with Crippen molar-refractivity contribution in [1.82, 2.24) is 4.98 Å². The molecule has 2 fully saturated rings. The van der Waals surface area contributed by atoms with Crippen LogP contribution in [0.15, 0.2) is 91.0 Å². The number of hydrogen-bond donors (Lipinski definition) is 0. The number of piperidine rings is 1. The van der Waals surface area contributed by atoms with Gasteiger partial charge in [0.05, 0.1) is 13.2 Å². The molecule has 1 aromatic heterocycles. The summed E-state index contributed by atoms with van der Waals surface area (Å²) in [6, 6.07) is 31.1. The summed E-state index contributed by atoms with van der Waals surface area (Å²) in [4.78, 5) is 9.75. The first kappa shape index (κ1) is 26.8. The van der Waals surface area contributed by atoms with Gasteiger partial charge in [0.2, 0.25) is 11.8 Å². The van der Waals surface area contributed by atoms with Crippen LogP contribution in [0, 0.1) is 0 Å². The van der Waals surface area contributed by atoms with Crippen LogP contribution in [-0.2, 0) is 29.1 Å². The number of aromatic nitrogens is 1. The maximum atomic E-state index is 6.41. The number of benzene rings is 3. The number of ether oxygens (including phenoxy) is 4. The van der Waals surface area contributed by atoms with Gasteiger partial charge in [-0.2, -0.15) is 4.98 Å². The van der Waals surface area contributed by atoms with Crippen LogP contribution in [-0.4, -0.2) is 43.6 Å². The summed E-state index contributed by atoms with van der Waals surface area (Å²) < 4.78 is 24.5. The Morgan fingerprint density at radius 3 is 2.05 bits per heavy atom. The van der Waals surface area contributed by atoms with E-state index < -0.39 is 0 Å². The first-order valence-electron chi connectivity index (χ1n) is 15.0. The van der Waals surface area contributed by atoms with Crippen molar-refractivity contribution >= 4 is 17.1 Å². The van der Waals surface area contributed by atoms with Crippen LogP contribution < -0.4 is 19.3 Å². The van der Waals surface area contributed by atoms with Crippen LogP contribution in [0.1, 0.15) is 36.0 Å². The monoisotopic (exact) mass is 563 g/mol. The second-order valence-electron chi connectivity index (χ2n) is 11.1. The van der Waals surface area contributed by atoms with E-state index in [2.05, 4.69) is 58.3 Å². The van der Waals surface area contributed by atoms with Crippen LogP contribution in [0.3, 0.4) is 0 Å². The molecule has 0 bridgehead atoms. The maximum absolute atomic E-state index is 6.41. The number of pyridine rings is 1. The Balaban J connectivity index is 1.16. The molecule has 1 spiro atoms. The highest BCUT2D eigenvalue weighted by Crippen LogP contribution is 2.43. The first-order chi connectivity index (χ1) is 20.8. The van der Waals surface area contributed by atoms with Gasteiger partial charge in [0.1, 0.15) is 18.9 Å². The van der Waals surface area contributed by atoms with Crippen LogP contribution >= 0.6 is 0 Å². The quantitative estimate of drug-likeness (QED) is 0.237. The molecule has 2 saturated heterocycles. The highest BCUT2D eigenvalue weighted by molar-refractivity contribution is 5.77. The summed E-state index contributed by atoms with van der Waals surface area (Å²) in [6.07, 6.45) is 3.89. The van der Waals surface area contributed by atoms with E-state index in [1.54, 1.807) is 0 Å². The van der Waals surface area contributed by atoms with Crippen molar-refractivity contribution in [2.75, 3.05) is 42.6 Å². The molecule has 4 aromatic rings. The lowest BCUT2D eigenvalue weighted by Crippen LogP contribution is -2.45. The van der Waals surface area contributed by atoms with Crippen LogP contribution in [0.2, 0.25) is 0 Å². The average molecular weight is 564 g/mol. The van der Waals surface area contributed by atoms with E-state index >= 15 is 0 Å². The zero-order chi connectivity index (χ0) is 28.2. The fourth-order valence-electron chi connectivity index (χ4n) is 6.29. The van der Waals surface area contributed by atoms with Gasteiger partial charge in [-0.3, -0.25) is 0 Å². The zero-order valence-electron chi connectivity index (χ0n) is 23.9. The van der Waals surface area contributed by atoms with Crippen molar-refractivity contribution in [1.29, 1.82) is 0 Å². The molecule has 42 heavy (non-hydrogen) atoms. The Morgan fingerprint density at radius 2 is 1.33 bits per heavy atom. The van der Waals surface area contributed by atoms with E-state index in [0.717, 1.165) is 62.1 Å². The fraction of sp³-hybridized carbons (Fsp3) is 0.343. The Bertz CT molecular complexity index is 1480. The van der Waals surface area contributed by atoms with Gasteiger partial charge in [0.25, 0.3) is 0 Å². The smallest absolute Gasteiger partial charge is 0.241 e. The minimum atomic E-state index is -0.377. The molecule has 3 aliphatic rings. The highest BCUT2D eigenvalue weighted by Gasteiger charge is 2.40. The lowest BCUT2D eigenvalue weighted by Gasteiger charge is -2.41. The average Bonchev–Trinajstić information content (AvgIpc) is 3.51. The third-order valence-electron chi connectivity index (χ3n) is 8.46. The molecule has 7 rings (SSSR count). The van der Waals surface area contributed by atoms with Gasteiger partial charge >= 0.3 is 0 Å². The summed E-state index contributed by atoms with van der Waals surface area (Å²) >= 11 is 0. The van der Waals surface area contributed by atoms with E-state index in [1.807, 2.05) is 42.5 Å². The second kappa shape index (κ2) is 12.0. The number of anilines is 3. The van der Waals surface area contributed by atoms with Crippen LogP contribution in [0.4, 0.5) is 17.1 Å². The fourth-order valence-corrected chi connectivity index (χ4v) is 6.29. The van der Waals surface area contributed by atoms with Gasteiger partial charge in [0, 0.05) is 49.9 Å². The predicted octanol–water partition coefficient (Wildman–Crippen LogP) is 6.67. The molecule has 0 radical (unpaired) electrons. The Labute approximate surface area is 247 Å². The standard InChI is InChI=1S/C35H37N3O4/c1-3-9-27(10-4-1)25-39-33-17-16-32(34(36-33)40-26-28-11-5-2-6-12-28)38-20-8-13-29-30(14-7-15-31(29)38)37-21-18-35(19-22-37)41-23-24-42-35/h1-7,9-12,14-17H,8,13,18-26H2. The molecule has 0 amide bonds. The number of fused-ring (bicyclic) bond motifs is 1. The largest absolute Gasteiger partial charge is 0.473 e. The molecule has 0 unspecified atom stereocenters. The van der Waals surface area contributed by atoms with E-state index in [9.17, 15) is 0 Å². The van der Waals surface area contributed by atoms with E-state index in [4.69, 9.17) is 23.9 Å². The molecular weight excluding hydrogens is 526 g/mol. The topological polar surface area (TPSA) is 56.3 Å². The SMILES string of the molecule is c1ccc(COc2ccc(N3CCCc4c(N5CCC6(CC5)OCCO6)cccc43)c(OCc3ccccc3)n2)cc1. The van der Waals surface area contributed by atoms with Crippen molar-refractivity contribution in [3.63, 3.8) is 0 Å². The third-order valence-corrected chi connectivity index (χ3v) is 8.46. The molecule has 0 atom stereocenters. The zero-order valence-corrected chi connectivity index (χ0v) is 23.9. The Morgan fingerprint density at radius 1 is 0.667 bits per heavy atom. The molecular formula is C35H37N3O4. The molecule has 4 heterocycles. The molecule has 0 N–H and O–H groups in total. The first-order valence-corrected chi connectivity index (χ1v) is 15.0. The van der Waals surface area contributed by atoms with Gasteiger partial charge in [-0.15, -0.1) is 0 Å².